The topological polar surface area (TPSA) is 139 Å². The summed E-state index contributed by atoms with van der Waals surface area (Å²) in [6, 6.07) is 0. The molecule has 80 valence electrons. The molecule has 8 nitrogen and oxygen atoms in total. The number of ether oxygens (including phenoxy) is 1. The molecular weight excluding hydrogens is 194 g/mol. The molecule has 8 heteroatoms. The first-order valence-corrected chi connectivity index (χ1v) is 3.96. The van der Waals surface area contributed by atoms with E-state index in [4.69, 9.17) is 20.5 Å². The molecule has 0 aliphatic carbocycles. The second kappa shape index (κ2) is 4.56. The second-order valence-electron chi connectivity index (χ2n) is 2.95. The van der Waals surface area contributed by atoms with Crippen LogP contribution in [0.3, 0.4) is 0 Å². The molecule has 5 atom stereocenters. The summed E-state index contributed by atoms with van der Waals surface area (Å²) < 4.78 is 4.71. The third-order valence-corrected chi connectivity index (χ3v) is 2.01. The Morgan fingerprint density at radius 2 is 1.79 bits per heavy atom. The number of aliphatic hydroxyl groups excluding tert-OH is 4. The highest BCUT2D eigenvalue weighted by molar-refractivity contribution is 4.89. The zero-order chi connectivity index (χ0) is 10.7. The maximum absolute atomic E-state index is 9.32. The van der Waals surface area contributed by atoms with Crippen molar-refractivity contribution in [2.45, 2.75) is 30.7 Å². The highest BCUT2D eigenvalue weighted by Crippen LogP contribution is 2.19. The van der Waals surface area contributed by atoms with E-state index in [2.05, 4.69) is 10.0 Å². The predicted molar refractivity (Wildman–Crippen MR) is 42.9 cm³/mol. The van der Waals surface area contributed by atoms with Crippen molar-refractivity contribution in [1.82, 2.24) is 0 Å². The first-order valence-electron chi connectivity index (χ1n) is 3.96. The van der Waals surface area contributed by atoms with Gasteiger partial charge >= 0.3 is 0 Å². The molecule has 0 spiro atoms. The van der Waals surface area contributed by atoms with Gasteiger partial charge in [-0.2, -0.15) is 0 Å². The first-order chi connectivity index (χ1) is 6.57. The molecule has 14 heavy (non-hydrogen) atoms. The Morgan fingerprint density at radius 3 is 2.36 bits per heavy atom. The fraction of sp³-hybridized carbons (Fsp3) is 1.00. The van der Waals surface area contributed by atoms with Gasteiger partial charge in [0.15, 0.2) is 6.29 Å². The van der Waals surface area contributed by atoms with E-state index in [9.17, 15) is 10.2 Å². The van der Waals surface area contributed by atoms with Gasteiger partial charge in [0.2, 0.25) is 0 Å². The molecule has 0 radical (unpaired) electrons. The van der Waals surface area contributed by atoms with Crippen molar-refractivity contribution in [3.05, 3.63) is 10.4 Å². The molecule has 4 N–H and O–H groups in total. The van der Waals surface area contributed by atoms with Crippen molar-refractivity contribution in [2.75, 3.05) is 6.54 Å². The normalized spacial score (nSPS) is 43.0. The largest absolute Gasteiger partial charge is 0.388 e. The summed E-state index contributed by atoms with van der Waals surface area (Å²) in [6.07, 6.45) is -7.07. The van der Waals surface area contributed by atoms with Crippen LogP contribution in [0.25, 0.3) is 10.4 Å². The molecule has 0 aromatic carbocycles. The lowest BCUT2D eigenvalue weighted by molar-refractivity contribution is -0.279. The van der Waals surface area contributed by atoms with Gasteiger partial charge in [0.25, 0.3) is 0 Å². The Morgan fingerprint density at radius 1 is 1.14 bits per heavy atom. The highest BCUT2D eigenvalue weighted by Gasteiger charge is 2.42. The molecule has 0 aromatic heterocycles. The van der Waals surface area contributed by atoms with E-state index in [1.165, 1.54) is 0 Å². The van der Waals surface area contributed by atoms with Crippen LogP contribution in [0.2, 0.25) is 0 Å². The Labute approximate surface area is 79.0 Å². The highest BCUT2D eigenvalue weighted by atomic mass is 16.6. The number of rotatable bonds is 2. The predicted octanol–water partition coefficient (Wildman–Crippen LogP) is -1.90. The SMILES string of the molecule is [N-]=[N+]=NC[C@@H]1O[C@H](O)[C@H](O)[C@@H](O)[C@@H]1O. The molecule has 1 aliphatic heterocycles. The maximum atomic E-state index is 9.32. The van der Waals surface area contributed by atoms with Crippen LogP contribution in [0.15, 0.2) is 5.11 Å². The van der Waals surface area contributed by atoms with Crippen molar-refractivity contribution < 1.29 is 25.2 Å². The van der Waals surface area contributed by atoms with E-state index in [1.807, 2.05) is 0 Å². The summed E-state index contributed by atoms with van der Waals surface area (Å²) in [5.41, 5.74) is 8.01. The zero-order valence-corrected chi connectivity index (χ0v) is 7.13. The van der Waals surface area contributed by atoms with Gasteiger partial charge in [0, 0.05) is 4.91 Å². The van der Waals surface area contributed by atoms with Crippen molar-refractivity contribution in [3.63, 3.8) is 0 Å². The van der Waals surface area contributed by atoms with Crippen LogP contribution >= 0.6 is 0 Å². The van der Waals surface area contributed by atoms with Gasteiger partial charge in [0.1, 0.15) is 18.3 Å². The van der Waals surface area contributed by atoms with Crippen LogP contribution in [0.4, 0.5) is 0 Å². The molecule has 0 aromatic rings. The minimum atomic E-state index is -1.59. The average molecular weight is 205 g/mol. The Bertz CT molecular complexity index is 244. The molecule has 1 heterocycles. The van der Waals surface area contributed by atoms with E-state index >= 15 is 0 Å². The smallest absolute Gasteiger partial charge is 0.183 e. The van der Waals surface area contributed by atoms with Gasteiger partial charge in [-0.15, -0.1) is 0 Å². The first kappa shape index (κ1) is 11.2. The average Bonchev–Trinajstić information content (AvgIpc) is 2.18. The third-order valence-electron chi connectivity index (χ3n) is 2.01. The quantitative estimate of drug-likeness (QED) is 0.237. The Kier molecular flexibility index (Phi) is 3.64. The van der Waals surface area contributed by atoms with Crippen LogP contribution in [0.5, 0.6) is 0 Å². The maximum Gasteiger partial charge on any atom is 0.183 e. The van der Waals surface area contributed by atoms with E-state index in [1.54, 1.807) is 0 Å². The summed E-state index contributed by atoms with van der Waals surface area (Å²) in [4.78, 5) is 2.44. The third kappa shape index (κ3) is 2.13. The van der Waals surface area contributed by atoms with Crippen LogP contribution in [-0.2, 0) is 4.74 Å². The second-order valence-corrected chi connectivity index (χ2v) is 2.95. The van der Waals surface area contributed by atoms with Crippen LogP contribution in [0.1, 0.15) is 0 Å². The van der Waals surface area contributed by atoms with Crippen molar-refractivity contribution >= 4 is 0 Å². The van der Waals surface area contributed by atoms with Crippen LogP contribution in [0, 0.1) is 0 Å². The van der Waals surface area contributed by atoms with Crippen molar-refractivity contribution in [3.8, 4) is 0 Å². The summed E-state index contributed by atoms with van der Waals surface area (Å²) >= 11 is 0. The number of azide groups is 1. The van der Waals surface area contributed by atoms with Crippen LogP contribution < -0.4 is 0 Å². The van der Waals surface area contributed by atoms with Gasteiger partial charge < -0.3 is 25.2 Å². The standard InChI is InChI=1S/C6H11N3O5/c7-9-8-1-2-3(10)4(11)5(12)6(13)14-2/h2-6,10-13H,1H2/t2-,3+,4-,5+,6-/m0/s1. The lowest BCUT2D eigenvalue weighted by Gasteiger charge is -2.37. The number of hydrogen-bond donors (Lipinski definition) is 4. The molecule has 0 unspecified atom stereocenters. The minimum absolute atomic E-state index is 0.224. The number of aliphatic hydroxyl groups is 4. The van der Waals surface area contributed by atoms with Gasteiger partial charge in [-0.3, -0.25) is 0 Å². The molecule has 0 amide bonds. The fourth-order valence-electron chi connectivity index (χ4n) is 1.20. The molecular formula is C6H11N3O5. The van der Waals surface area contributed by atoms with Crippen LogP contribution in [-0.4, -0.2) is 57.7 Å². The van der Waals surface area contributed by atoms with E-state index in [0.29, 0.717) is 0 Å². The lowest BCUT2D eigenvalue weighted by atomic mass is 9.99. The lowest BCUT2D eigenvalue weighted by Crippen LogP contribution is -2.58. The van der Waals surface area contributed by atoms with E-state index < -0.39 is 30.7 Å². The van der Waals surface area contributed by atoms with Gasteiger partial charge in [0.05, 0.1) is 12.6 Å². The summed E-state index contributed by atoms with van der Waals surface area (Å²) in [5, 5.41) is 39.8. The van der Waals surface area contributed by atoms with E-state index in [-0.39, 0.29) is 6.54 Å². The monoisotopic (exact) mass is 205 g/mol. The fourth-order valence-corrected chi connectivity index (χ4v) is 1.20. The summed E-state index contributed by atoms with van der Waals surface area (Å²) in [6.45, 7) is -0.224. The summed E-state index contributed by atoms with van der Waals surface area (Å²) in [7, 11) is 0. The van der Waals surface area contributed by atoms with Gasteiger partial charge in [-0.25, -0.2) is 0 Å². The van der Waals surface area contributed by atoms with Gasteiger partial charge in [-0.05, 0) is 5.53 Å². The Balaban J connectivity index is 2.64. The van der Waals surface area contributed by atoms with E-state index in [0.717, 1.165) is 0 Å². The minimum Gasteiger partial charge on any atom is -0.388 e. The molecule has 1 fully saturated rings. The number of nitrogens with zero attached hydrogens (tertiary/aromatic N) is 3. The molecule has 1 rings (SSSR count). The zero-order valence-electron chi connectivity index (χ0n) is 7.13. The van der Waals surface area contributed by atoms with Crippen molar-refractivity contribution in [2.24, 2.45) is 5.11 Å². The molecule has 0 saturated carbocycles. The molecule has 0 bridgehead atoms. The molecule has 1 saturated heterocycles. The summed E-state index contributed by atoms with van der Waals surface area (Å²) in [5.74, 6) is 0. The number of hydrogen-bond acceptors (Lipinski definition) is 6. The van der Waals surface area contributed by atoms with Crippen molar-refractivity contribution in [1.29, 1.82) is 0 Å². The molecule has 1 aliphatic rings. The Hall–Kier alpha value is -0.890. The van der Waals surface area contributed by atoms with Gasteiger partial charge in [-0.1, -0.05) is 5.11 Å².